The summed E-state index contributed by atoms with van der Waals surface area (Å²) in [6, 6.07) is 3.15. The zero-order chi connectivity index (χ0) is 12.8. The lowest BCUT2D eigenvalue weighted by Crippen LogP contribution is -2.13. The molecule has 0 aliphatic heterocycles. The first-order chi connectivity index (χ1) is 8.11. The number of aromatic nitrogens is 1. The quantitative estimate of drug-likeness (QED) is 0.482. The van der Waals surface area contributed by atoms with Crippen LogP contribution in [0.15, 0.2) is 35.4 Å². The lowest BCUT2D eigenvalue weighted by Gasteiger charge is -2.07. The number of ketones is 1. The number of pyridine rings is 1. The topological polar surface area (TPSA) is 79.6 Å². The molecule has 0 saturated carbocycles. The summed E-state index contributed by atoms with van der Waals surface area (Å²) in [5.41, 5.74) is -0.133. The molecule has 0 aliphatic carbocycles. The summed E-state index contributed by atoms with van der Waals surface area (Å²) in [5, 5.41) is 12.5. The molecule has 0 aromatic carbocycles. The van der Waals surface area contributed by atoms with Crippen molar-refractivity contribution in [1.82, 2.24) is 4.98 Å². The number of carbonyl (C=O) groups is 1. The van der Waals surface area contributed by atoms with Crippen molar-refractivity contribution >= 4 is 11.5 Å². The van der Waals surface area contributed by atoms with Crippen molar-refractivity contribution < 1.29 is 9.90 Å². The summed E-state index contributed by atoms with van der Waals surface area (Å²) in [6.07, 6.45) is 3.48. The van der Waals surface area contributed by atoms with Crippen molar-refractivity contribution in [2.24, 2.45) is 11.1 Å². The van der Waals surface area contributed by atoms with E-state index in [1.165, 1.54) is 12.4 Å². The molecule has 0 spiro atoms. The highest BCUT2D eigenvalue weighted by Gasteiger charge is 2.22. The molecule has 0 saturated heterocycles. The Hall–Kier alpha value is -2.04. The van der Waals surface area contributed by atoms with Gasteiger partial charge in [-0.1, -0.05) is 13.8 Å². The molecule has 0 fully saturated rings. The molecule has 1 heterocycles. The van der Waals surface area contributed by atoms with Crippen LogP contribution in [0, 0.1) is 10.8 Å². The maximum Gasteiger partial charge on any atom is 0.193 e. The third-order valence-electron chi connectivity index (χ3n) is 2.54. The first kappa shape index (κ1) is 13.0. The third kappa shape index (κ3) is 2.96. The van der Waals surface area contributed by atoms with Gasteiger partial charge < -0.3 is 5.11 Å². The summed E-state index contributed by atoms with van der Waals surface area (Å²) in [7, 11) is 0. The number of aliphatic hydroxyl groups is 1. The van der Waals surface area contributed by atoms with Gasteiger partial charge in [-0.2, -0.15) is 0 Å². The molecule has 0 aliphatic rings. The number of carbonyl (C=O) groups excluding carboxylic acids is 1. The second-order valence-corrected chi connectivity index (χ2v) is 3.70. The zero-order valence-corrected chi connectivity index (χ0v) is 9.75. The van der Waals surface area contributed by atoms with E-state index in [1.807, 2.05) is 6.92 Å². The van der Waals surface area contributed by atoms with E-state index in [2.05, 4.69) is 10.2 Å². The Morgan fingerprint density at radius 3 is 2.76 bits per heavy atom. The molecule has 1 N–H and O–H groups in total. The van der Waals surface area contributed by atoms with Crippen LogP contribution in [0.1, 0.15) is 25.8 Å². The average Bonchev–Trinajstić information content (AvgIpc) is 2.39. The Morgan fingerprint density at radius 1 is 1.59 bits per heavy atom. The van der Waals surface area contributed by atoms with Gasteiger partial charge in [0.25, 0.3) is 0 Å². The highest BCUT2D eigenvalue weighted by atomic mass is 16.3. The zero-order valence-electron chi connectivity index (χ0n) is 9.75. The van der Waals surface area contributed by atoms with Gasteiger partial charge in [0.15, 0.2) is 17.2 Å². The fourth-order valence-electron chi connectivity index (χ4n) is 1.26. The van der Waals surface area contributed by atoms with Crippen molar-refractivity contribution in [2.45, 2.75) is 20.3 Å². The molecular weight excluding hydrogens is 220 g/mol. The van der Waals surface area contributed by atoms with Gasteiger partial charge in [-0.05, 0) is 23.7 Å². The second-order valence-electron chi connectivity index (χ2n) is 3.70. The highest BCUT2D eigenvalue weighted by Crippen LogP contribution is 2.20. The van der Waals surface area contributed by atoms with Gasteiger partial charge >= 0.3 is 0 Å². The monoisotopic (exact) mass is 234 g/mol. The predicted octanol–water partition coefficient (Wildman–Crippen LogP) is 2.69. The smallest absolute Gasteiger partial charge is 0.193 e. The summed E-state index contributed by atoms with van der Waals surface area (Å²) in [5.74, 6) is -1.22. The fraction of sp³-hybridized carbons (Fsp3) is 0.333. The lowest BCUT2D eigenvalue weighted by molar-refractivity contribution is -0.118. The molecule has 5 nitrogen and oxygen atoms in total. The van der Waals surface area contributed by atoms with E-state index >= 15 is 0 Å². The van der Waals surface area contributed by atoms with Gasteiger partial charge in [0, 0.05) is 23.9 Å². The van der Waals surface area contributed by atoms with Crippen LogP contribution in [0.3, 0.4) is 0 Å². The number of aliphatic hydroxyl groups excluding tert-OH is 1. The minimum absolute atomic E-state index is 0.304. The number of Topliss-reactive ketones (excluding diaryl/α,β-unsaturated/α-hetero) is 1. The molecule has 1 unspecified atom stereocenters. The van der Waals surface area contributed by atoms with Gasteiger partial charge in [0.1, 0.15) is 0 Å². The molecule has 5 heteroatoms. The molecule has 17 heavy (non-hydrogen) atoms. The van der Waals surface area contributed by atoms with Gasteiger partial charge in [0.05, 0.1) is 0 Å². The molecule has 0 radical (unpaired) electrons. The van der Waals surface area contributed by atoms with Crippen LogP contribution in [0.5, 0.6) is 0 Å². The van der Waals surface area contributed by atoms with Gasteiger partial charge in [0.2, 0.25) is 0 Å². The largest absolute Gasteiger partial charge is 0.505 e. The van der Waals surface area contributed by atoms with E-state index in [0.29, 0.717) is 12.0 Å². The number of hydrogen-bond acceptors (Lipinski definition) is 5. The molecule has 0 amide bonds. The van der Waals surface area contributed by atoms with E-state index in [0.717, 1.165) is 0 Å². The van der Waals surface area contributed by atoms with Crippen molar-refractivity contribution in [3.8, 4) is 0 Å². The summed E-state index contributed by atoms with van der Waals surface area (Å²) < 4.78 is 0. The lowest BCUT2D eigenvalue weighted by atomic mass is 9.99. The van der Waals surface area contributed by atoms with Gasteiger partial charge in [-0.15, -0.1) is 4.91 Å². The molecule has 90 valence electrons. The Morgan fingerprint density at radius 2 is 2.29 bits per heavy atom. The van der Waals surface area contributed by atoms with Crippen molar-refractivity contribution in [3.63, 3.8) is 0 Å². The molecule has 1 aromatic rings. The van der Waals surface area contributed by atoms with Crippen LogP contribution >= 0.6 is 0 Å². The van der Waals surface area contributed by atoms with E-state index in [9.17, 15) is 14.8 Å². The molecule has 1 atom stereocenters. The normalized spacial score (nSPS) is 13.8. The minimum atomic E-state index is -0.455. The summed E-state index contributed by atoms with van der Waals surface area (Å²) in [4.78, 5) is 26.3. The number of nitrogens with zero attached hydrogens (tertiary/aromatic N) is 2. The fourth-order valence-corrected chi connectivity index (χ4v) is 1.26. The van der Waals surface area contributed by atoms with Crippen LogP contribution in [0.4, 0.5) is 0 Å². The van der Waals surface area contributed by atoms with Crippen molar-refractivity contribution in [2.75, 3.05) is 0 Å². The Bertz CT molecular complexity index is 440. The summed E-state index contributed by atoms with van der Waals surface area (Å²) >= 11 is 0. The molecule has 1 rings (SSSR count). The Labute approximate surface area is 99.2 Å². The highest BCUT2D eigenvalue weighted by molar-refractivity contribution is 6.02. The van der Waals surface area contributed by atoms with E-state index in [1.54, 1.807) is 19.1 Å². The van der Waals surface area contributed by atoms with Crippen molar-refractivity contribution in [1.29, 1.82) is 0 Å². The van der Waals surface area contributed by atoms with Crippen LogP contribution < -0.4 is 0 Å². The predicted molar refractivity (Wildman–Crippen MR) is 64.0 cm³/mol. The number of nitroso groups, excluding NO2 is 1. The van der Waals surface area contributed by atoms with Crippen LogP contribution in [0.25, 0.3) is 5.76 Å². The average molecular weight is 234 g/mol. The van der Waals surface area contributed by atoms with E-state index in [-0.39, 0.29) is 5.92 Å². The molecule has 0 bridgehead atoms. The third-order valence-corrected chi connectivity index (χ3v) is 2.54. The molecular formula is C12H14N2O3. The standard InChI is InChI=1S/C12H14N2O3/c1-3-8(2)11(15)10(14-17)12(16)9-5-4-6-13-7-9/h4-8,16H,3H2,1-2H3. The van der Waals surface area contributed by atoms with Gasteiger partial charge in [-0.25, -0.2) is 0 Å². The summed E-state index contributed by atoms with van der Waals surface area (Å²) in [6.45, 7) is 3.51. The SMILES string of the molecule is CCC(C)C(=O)C(N=O)=C(O)c1cccnc1. The molecule has 1 aromatic heterocycles. The number of hydrogen-bond donors (Lipinski definition) is 1. The first-order valence-corrected chi connectivity index (χ1v) is 5.33. The number of rotatable bonds is 5. The second kappa shape index (κ2) is 5.89. The maximum atomic E-state index is 11.8. The van der Waals surface area contributed by atoms with Crippen LogP contribution in [0.2, 0.25) is 0 Å². The number of allylic oxidation sites excluding steroid dienone is 1. The van der Waals surface area contributed by atoms with Crippen molar-refractivity contribution in [3.05, 3.63) is 40.7 Å². The first-order valence-electron chi connectivity index (χ1n) is 5.33. The van der Waals surface area contributed by atoms with Crippen LogP contribution in [-0.4, -0.2) is 15.9 Å². The van der Waals surface area contributed by atoms with Crippen LogP contribution in [-0.2, 0) is 4.79 Å². The Kier molecular flexibility index (Phi) is 4.51. The van der Waals surface area contributed by atoms with E-state index < -0.39 is 17.2 Å². The van der Waals surface area contributed by atoms with E-state index in [4.69, 9.17) is 0 Å². The maximum absolute atomic E-state index is 11.8. The van der Waals surface area contributed by atoms with Gasteiger partial charge in [-0.3, -0.25) is 9.78 Å². The minimum Gasteiger partial charge on any atom is -0.505 e. The Balaban J connectivity index is 3.16.